The summed E-state index contributed by atoms with van der Waals surface area (Å²) in [5.41, 5.74) is 3.12. The maximum atomic E-state index is 13.4. The molecule has 1 aromatic heterocycles. The zero-order chi connectivity index (χ0) is 21.1. The van der Waals surface area contributed by atoms with Crippen molar-refractivity contribution in [1.29, 1.82) is 0 Å². The molecule has 6 heteroatoms. The summed E-state index contributed by atoms with van der Waals surface area (Å²) in [7, 11) is 0. The smallest absolute Gasteiger partial charge is 0.360 e. The van der Waals surface area contributed by atoms with Crippen molar-refractivity contribution >= 4 is 28.1 Å². The second-order valence-electron chi connectivity index (χ2n) is 7.76. The number of rotatable bonds is 6. The van der Waals surface area contributed by atoms with E-state index in [1.54, 1.807) is 6.20 Å². The number of aromatic amines is 1. The Morgan fingerprint density at radius 2 is 1.83 bits per heavy atom. The van der Waals surface area contributed by atoms with Crippen molar-refractivity contribution in [2.75, 3.05) is 19.6 Å². The van der Waals surface area contributed by atoms with Gasteiger partial charge in [-0.1, -0.05) is 48.0 Å². The third kappa shape index (κ3) is 4.57. The number of aromatic nitrogens is 1. The van der Waals surface area contributed by atoms with Crippen LogP contribution in [0.2, 0.25) is 5.02 Å². The van der Waals surface area contributed by atoms with E-state index < -0.39 is 11.7 Å². The molecule has 0 radical (unpaired) electrons. The van der Waals surface area contributed by atoms with E-state index in [0.717, 1.165) is 45.0 Å². The molecule has 0 unspecified atom stereocenters. The largest absolute Gasteiger partial charge is 0.417 e. The van der Waals surface area contributed by atoms with Gasteiger partial charge in [0, 0.05) is 24.7 Å². The van der Waals surface area contributed by atoms with E-state index in [-0.39, 0.29) is 5.39 Å². The Hall–Kier alpha value is -2.24. The molecule has 30 heavy (non-hydrogen) atoms. The molecule has 1 aliphatic heterocycles. The fourth-order valence-electron chi connectivity index (χ4n) is 4.20. The zero-order valence-corrected chi connectivity index (χ0v) is 17.4. The summed E-state index contributed by atoms with van der Waals surface area (Å²) in [6, 6.07) is 12.8. The maximum absolute atomic E-state index is 13.4. The van der Waals surface area contributed by atoms with Gasteiger partial charge in [0.15, 0.2) is 0 Å². The highest BCUT2D eigenvalue weighted by atomic mass is 35.5. The number of hydrogen-bond donors (Lipinski definition) is 1. The lowest BCUT2D eigenvalue weighted by Gasteiger charge is -2.26. The number of nitrogens with one attached hydrogen (secondary N) is 1. The van der Waals surface area contributed by atoms with Gasteiger partial charge in [-0.2, -0.15) is 13.2 Å². The highest BCUT2D eigenvalue weighted by Crippen LogP contribution is 2.39. The van der Waals surface area contributed by atoms with Gasteiger partial charge in [-0.3, -0.25) is 4.90 Å². The van der Waals surface area contributed by atoms with Crippen LogP contribution in [-0.2, 0) is 12.6 Å². The van der Waals surface area contributed by atoms with Crippen molar-refractivity contribution in [1.82, 2.24) is 9.88 Å². The van der Waals surface area contributed by atoms with Crippen LogP contribution in [0.15, 0.2) is 54.7 Å². The van der Waals surface area contributed by atoms with Gasteiger partial charge >= 0.3 is 6.18 Å². The predicted octanol–water partition coefficient (Wildman–Crippen LogP) is 6.95. The second-order valence-corrected chi connectivity index (χ2v) is 8.17. The van der Waals surface area contributed by atoms with Crippen LogP contribution in [0.3, 0.4) is 0 Å². The number of hydrogen-bond acceptors (Lipinski definition) is 1. The van der Waals surface area contributed by atoms with Crippen molar-refractivity contribution in [3.8, 4) is 0 Å². The van der Waals surface area contributed by atoms with E-state index in [1.807, 2.05) is 6.07 Å². The molecule has 2 nitrogen and oxygen atoms in total. The summed E-state index contributed by atoms with van der Waals surface area (Å²) in [6.45, 7) is 2.89. The molecule has 158 valence electrons. The SMILES string of the molecule is FC(F)(F)c1ccc(Cl)c2[nH]cc(CCCCN3CC=C(c4ccccc4)CC3)c12. The van der Waals surface area contributed by atoms with Crippen LogP contribution in [0.1, 0.15) is 36.0 Å². The fraction of sp³-hybridized carbons (Fsp3) is 0.333. The van der Waals surface area contributed by atoms with E-state index in [9.17, 15) is 13.2 Å². The van der Waals surface area contributed by atoms with Gasteiger partial charge < -0.3 is 4.98 Å². The molecule has 4 rings (SSSR count). The summed E-state index contributed by atoms with van der Waals surface area (Å²) in [5, 5.41) is 0.530. The van der Waals surface area contributed by atoms with Crippen molar-refractivity contribution in [2.24, 2.45) is 0 Å². The minimum absolute atomic E-state index is 0.211. The van der Waals surface area contributed by atoms with Crippen molar-refractivity contribution in [3.63, 3.8) is 0 Å². The van der Waals surface area contributed by atoms with E-state index in [4.69, 9.17) is 11.6 Å². The first kappa shape index (κ1) is 21.0. The molecule has 0 amide bonds. The Bertz CT molecular complexity index is 1040. The van der Waals surface area contributed by atoms with Crippen molar-refractivity contribution < 1.29 is 13.2 Å². The molecule has 0 fully saturated rings. The molecule has 0 bridgehead atoms. The number of benzene rings is 2. The Morgan fingerprint density at radius 1 is 1.03 bits per heavy atom. The molecule has 0 saturated carbocycles. The van der Waals surface area contributed by atoms with Gasteiger partial charge in [-0.05, 0) is 61.1 Å². The minimum atomic E-state index is -4.39. The van der Waals surface area contributed by atoms with Crippen LogP contribution in [0.4, 0.5) is 13.2 Å². The number of alkyl halides is 3. The van der Waals surface area contributed by atoms with E-state index >= 15 is 0 Å². The molecule has 1 aliphatic rings. The molecule has 2 aromatic carbocycles. The number of unbranched alkanes of at least 4 members (excludes halogenated alkanes) is 1. The van der Waals surface area contributed by atoms with Crippen LogP contribution in [0, 0.1) is 0 Å². The Morgan fingerprint density at radius 3 is 2.53 bits per heavy atom. The molecule has 0 aliphatic carbocycles. The number of halogens is 4. The lowest BCUT2D eigenvalue weighted by atomic mass is 9.99. The van der Waals surface area contributed by atoms with Gasteiger partial charge in [0.25, 0.3) is 0 Å². The first-order chi connectivity index (χ1) is 14.4. The topological polar surface area (TPSA) is 19.0 Å². The van der Waals surface area contributed by atoms with E-state index in [1.165, 1.54) is 17.2 Å². The van der Waals surface area contributed by atoms with Crippen LogP contribution >= 0.6 is 11.6 Å². The third-order valence-corrected chi connectivity index (χ3v) is 6.10. The summed E-state index contributed by atoms with van der Waals surface area (Å²) in [6.07, 6.45) is 2.97. The van der Waals surface area contributed by atoms with Crippen LogP contribution in [-0.4, -0.2) is 29.5 Å². The van der Waals surface area contributed by atoms with Crippen LogP contribution in [0.25, 0.3) is 16.5 Å². The first-order valence-corrected chi connectivity index (χ1v) is 10.6. The molecule has 0 spiro atoms. The maximum Gasteiger partial charge on any atom is 0.417 e. The Kier molecular flexibility index (Phi) is 6.21. The van der Waals surface area contributed by atoms with E-state index in [2.05, 4.69) is 40.2 Å². The van der Waals surface area contributed by atoms with Gasteiger partial charge in [0.2, 0.25) is 0 Å². The number of fused-ring (bicyclic) bond motifs is 1. The minimum Gasteiger partial charge on any atom is -0.360 e. The average molecular weight is 433 g/mol. The summed E-state index contributed by atoms with van der Waals surface area (Å²) < 4.78 is 40.3. The highest BCUT2D eigenvalue weighted by Gasteiger charge is 2.34. The van der Waals surface area contributed by atoms with Crippen molar-refractivity contribution in [2.45, 2.75) is 31.9 Å². The van der Waals surface area contributed by atoms with Crippen LogP contribution < -0.4 is 0 Å². The monoisotopic (exact) mass is 432 g/mol. The molecule has 0 saturated heterocycles. The molecular formula is C24H24ClF3N2. The molecule has 1 N–H and O–H groups in total. The molecule has 0 atom stereocenters. The standard InChI is InChI=1S/C24H24ClF3N2/c25-21-10-9-20(24(26,27)28)22-19(16-29-23(21)22)8-4-5-13-30-14-11-18(12-15-30)17-6-2-1-3-7-17/h1-3,6-7,9-11,16,29H,4-5,8,12-15H2. The lowest BCUT2D eigenvalue weighted by molar-refractivity contribution is -0.136. The third-order valence-electron chi connectivity index (χ3n) is 5.78. The number of aryl methyl sites for hydroxylation is 1. The van der Waals surface area contributed by atoms with Crippen molar-refractivity contribution in [3.05, 3.63) is 76.5 Å². The normalized spacial score (nSPS) is 15.5. The zero-order valence-electron chi connectivity index (χ0n) is 16.6. The number of nitrogens with zero attached hydrogens (tertiary/aromatic N) is 1. The van der Waals surface area contributed by atoms with Gasteiger partial charge in [0.05, 0.1) is 16.1 Å². The van der Waals surface area contributed by atoms with Gasteiger partial charge in [-0.15, -0.1) is 0 Å². The van der Waals surface area contributed by atoms with E-state index in [0.29, 0.717) is 22.5 Å². The fourth-order valence-corrected chi connectivity index (χ4v) is 4.41. The van der Waals surface area contributed by atoms with Crippen LogP contribution in [0.5, 0.6) is 0 Å². The molecule has 2 heterocycles. The molecule has 3 aromatic rings. The Balaban J connectivity index is 1.34. The summed E-state index contributed by atoms with van der Waals surface area (Å²) in [5.74, 6) is 0. The first-order valence-electron chi connectivity index (χ1n) is 10.3. The second kappa shape index (κ2) is 8.86. The van der Waals surface area contributed by atoms with Gasteiger partial charge in [-0.25, -0.2) is 0 Å². The Labute approximate surface area is 179 Å². The summed E-state index contributed by atoms with van der Waals surface area (Å²) >= 11 is 6.10. The molecular weight excluding hydrogens is 409 g/mol. The summed E-state index contributed by atoms with van der Waals surface area (Å²) in [4.78, 5) is 5.33. The number of H-pyrrole nitrogens is 1. The average Bonchev–Trinajstić information content (AvgIpc) is 3.16. The quantitative estimate of drug-likeness (QED) is 0.417. The van der Waals surface area contributed by atoms with Gasteiger partial charge in [0.1, 0.15) is 0 Å². The lowest BCUT2D eigenvalue weighted by Crippen LogP contribution is -2.29. The highest BCUT2D eigenvalue weighted by molar-refractivity contribution is 6.35. The predicted molar refractivity (Wildman–Crippen MR) is 117 cm³/mol.